The van der Waals surface area contributed by atoms with Gasteiger partial charge in [0.05, 0.1) is 20.0 Å². The Bertz CT molecular complexity index is 1150. The molecule has 1 aliphatic carbocycles. The monoisotopic (exact) mass is 560 g/mol. The van der Waals surface area contributed by atoms with Gasteiger partial charge >= 0.3 is 12.1 Å². The molecule has 0 spiro atoms. The van der Waals surface area contributed by atoms with Gasteiger partial charge in [0, 0.05) is 35.1 Å². The molecular formula is C37H56N2O2+2. The zero-order chi connectivity index (χ0) is 30.6. The van der Waals surface area contributed by atoms with Crippen LogP contribution in [-0.2, 0) is 9.53 Å². The molecule has 0 amide bonds. The van der Waals surface area contributed by atoms with Gasteiger partial charge in [0.15, 0.2) is 0 Å². The van der Waals surface area contributed by atoms with E-state index in [0.29, 0.717) is 23.7 Å². The number of para-hydroxylation sites is 2. The van der Waals surface area contributed by atoms with E-state index in [4.69, 9.17) is 0 Å². The van der Waals surface area contributed by atoms with Crippen LogP contribution in [0.1, 0.15) is 148 Å². The van der Waals surface area contributed by atoms with E-state index in [0.717, 1.165) is 0 Å². The van der Waals surface area contributed by atoms with Crippen LogP contribution >= 0.6 is 0 Å². The number of hydrogen-bond acceptors (Lipinski definition) is 2. The van der Waals surface area contributed by atoms with Crippen molar-refractivity contribution in [1.82, 2.24) is 0 Å². The fourth-order valence-electron chi connectivity index (χ4n) is 6.42. The number of fused-ring (bicyclic) bond motifs is 1. The van der Waals surface area contributed by atoms with Gasteiger partial charge in [-0.1, -0.05) is 106 Å². The molecule has 2 aromatic rings. The van der Waals surface area contributed by atoms with Gasteiger partial charge in [-0.25, -0.2) is 0 Å². The van der Waals surface area contributed by atoms with Gasteiger partial charge < -0.3 is 4.74 Å². The Labute approximate surface area is 250 Å². The van der Waals surface area contributed by atoms with Gasteiger partial charge in [0.1, 0.15) is 0 Å². The van der Waals surface area contributed by atoms with Gasteiger partial charge in [-0.05, 0) is 36.5 Å². The smallest absolute Gasteiger partial charge is 0.351 e. The highest BCUT2D eigenvalue weighted by Gasteiger charge is 2.50. The SMILES string of the molecule is CC(C)c1cccc(C(C)C)c1[N+]1=C2CCCCC2=[N+](c2c(C(C)C)cccc2C(C)C)C1C.COC(=O)C(C)C. The highest BCUT2D eigenvalue weighted by atomic mass is 16.5. The highest BCUT2D eigenvalue weighted by Crippen LogP contribution is 2.42. The maximum absolute atomic E-state index is 10.3. The Morgan fingerprint density at radius 1 is 0.659 bits per heavy atom. The summed E-state index contributed by atoms with van der Waals surface area (Å²) in [6.07, 6.45) is 5.22. The number of ether oxygens (including phenoxy) is 1. The maximum atomic E-state index is 10.3. The highest BCUT2D eigenvalue weighted by molar-refractivity contribution is 6.39. The van der Waals surface area contributed by atoms with E-state index in [1.165, 1.54) is 66.4 Å². The number of rotatable bonds is 7. The first-order valence-electron chi connectivity index (χ1n) is 16.0. The summed E-state index contributed by atoms with van der Waals surface area (Å²) in [4.78, 5) is 10.3. The molecule has 4 rings (SSSR count). The average molecular weight is 561 g/mol. The molecule has 0 aromatic heterocycles. The van der Waals surface area contributed by atoms with Gasteiger partial charge in [-0.15, -0.1) is 9.15 Å². The minimum atomic E-state index is -0.153. The first kappa shape index (κ1) is 32.8. The summed E-state index contributed by atoms with van der Waals surface area (Å²) < 4.78 is 9.87. The van der Waals surface area contributed by atoms with Crippen LogP contribution in [0, 0.1) is 5.92 Å². The van der Waals surface area contributed by atoms with E-state index in [-0.39, 0.29) is 18.1 Å². The van der Waals surface area contributed by atoms with Crippen molar-refractivity contribution >= 4 is 28.8 Å². The number of carbonyl (C=O) groups is 1. The lowest BCUT2D eigenvalue weighted by Crippen LogP contribution is -2.28. The van der Waals surface area contributed by atoms with Crippen molar-refractivity contribution in [3.63, 3.8) is 0 Å². The van der Waals surface area contributed by atoms with Gasteiger partial charge in [0.2, 0.25) is 11.4 Å². The second kappa shape index (κ2) is 13.9. The van der Waals surface area contributed by atoms with Crippen LogP contribution < -0.4 is 0 Å². The van der Waals surface area contributed by atoms with E-state index < -0.39 is 0 Å². The third kappa shape index (κ3) is 6.84. The van der Waals surface area contributed by atoms with Gasteiger partial charge in [-0.2, -0.15) is 0 Å². The molecule has 4 nitrogen and oxygen atoms in total. The fourth-order valence-corrected chi connectivity index (χ4v) is 6.42. The summed E-state index contributed by atoms with van der Waals surface area (Å²) >= 11 is 0. The Morgan fingerprint density at radius 3 is 1.20 bits per heavy atom. The van der Waals surface area contributed by atoms with Crippen LogP contribution in [0.25, 0.3) is 0 Å². The van der Waals surface area contributed by atoms with Crippen LogP contribution in [-0.4, -0.2) is 39.8 Å². The summed E-state index contributed by atoms with van der Waals surface area (Å²) in [6, 6.07) is 14.0. The third-order valence-electron chi connectivity index (χ3n) is 8.58. The quantitative estimate of drug-likeness (QED) is 0.249. The van der Waals surface area contributed by atoms with Crippen LogP contribution in [0.3, 0.4) is 0 Å². The Hall–Kier alpha value is -2.75. The fraction of sp³-hybridized carbons (Fsp3) is 0.595. The van der Waals surface area contributed by atoms with Crippen molar-refractivity contribution in [2.45, 2.75) is 132 Å². The van der Waals surface area contributed by atoms with E-state index in [2.05, 4.69) is 113 Å². The number of benzene rings is 2. The second-order valence-electron chi connectivity index (χ2n) is 13.3. The van der Waals surface area contributed by atoms with Crippen molar-refractivity contribution in [1.29, 1.82) is 0 Å². The lowest BCUT2D eigenvalue weighted by Gasteiger charge is -2.19. The molecule has 1 aliphatic heterocycles. The van der Waals surface area contributed by atoms with E-state index in [1.807, 2.05) is 0 Å². The van der Waals surface area contributed by atoms with Crippen LogP contribution in [0.5, 0.6) is 0 Å². The van der Waals surface area contributed by atoms with Crippen molar-refractivity contribution in [3.8, 4) is 0 Å². The van der Waals surface area contributed by atoms with Gasteiger partial charge in [0.25, 0.3) is 11.4 Å². The predicted molar refractivity (Wildman–Crippen MR) is 174 cm³/mol. The summed E-state index contributed by atoms with van der Waals surface area (Å²) in [5.74, 6) is 1.84. The second-order valence-corrected chi connectivity index (χ2v) is 13.3. The third-order valence-corrected chi connectivity index (χ3v) is 8.58. The maximum Gasteiger partial charge on any atom is 0.351 e. The number of nitrogens with zero attached hydrogens (tertiary/aromatic N) is 2. The average Bonchev–Trinajstić information content (AvgIpc) is 3.22. The van der Waals surface area contributed by atoms with Crippen molar-refractivity contribution in [3.05, 3.63) is 58.7 Å². The number of hydrogen-bond donors (Lipinski definition) is 0. The van der Waals surface area contributed by atoms with Crippen LogP contribution in [0.2, 0.25) is 0 Å². The molecule has 2 aromatic carbocycles. The Kier molecular flexibility index (Phi) is 11.1. The standard InChI is InChI=1S/C32H46N2.C5H10O2/c1-20(2)25-14-12-15-26(21(3)4)31(25)33-24(9)34(30-19-11-10-18-29(30)33)32-27(22(5)6)16-13-17-28(32)23(7)8;1-4(2)5(6)7-3/h12-17,20-24H,10-11,18-19H2,1-9H3;4H,1-3H3/q+2;. The molecule has 1 fully saturated rings. The summed E-state index contributed by atoms with van der Waals surface area (Å²) in [5, 5.41) is 0. The zero-order valence-electron chi connectivity index (χ0n) is 28.0. The molecule has 41 heavy (non-hydrogen) atoms. The number of esters is 1. The summed E-state index contributed by atoms with van der Waals surface area (Å²) in [7, 11) is 1.39. The number of methoxy groups -OCH3 is 1. The minimum Gasteiger partial charge on any atom is -0.469 e. The molecule has 0 atom stereocenters. The largest absolute Gasteiger partial charge is 0.469 e. The minimum absolute atomic E-state index is 0.00463. The van der Waals surface area contributed by atoms with E-state index in [9.17, 15) is 4.79 Å². The molecule has 0 bridgehead atoms. The molecule has 0 unspecified atom stereocenters. The molecule has 4 heteroatoms. The normalized spacial score (nSPS) is 15.8. The summed E-state index contributed by atoms with van der Waals surface area (Å²) in [6.45, 7) is 24.8. The van der Waals surface area contributed by atoms with Gasteiger partial charge in [-0.3, -0.25) is 4.79 Å². The topological polar surface area (TPSA) is 32.3 Å². The molecule has 0 radical (unpaired) electrons. The molecule has 0 saturated heterocycles. The first-order valence-corrected chi connectivity index (χ1v) is 16.0. The molecule has 1 saturated carbocycles. The van der Waals surface area contributed by atoms with Crippen LogP contribution in [0.4, 0.5) is 11.4 Å². The van der Waals surface area contributed by atoms with E-state index in [1.54, 1.807) is 25.3 Å². The predicted octanol–water partition coefficient (Wildman–Crippen LogP) is 9.80. The Morgan fingerprint density at radius 2 is 0.976 bits per heavy atom. The summed E-state index contributed by atoms with van der Waals surface area (Å²) in [5.41, 5.74) is 12.0. The van der Waals surface area contributed by atoms with E-state index >= 15 is 0 Å². The molecule has 0 N–H and O–H groups in total. The van der Waals surface area contributed by atoms with Crippen LogP contribution in [0.15, 0.2) is 36.4 Å². The van der Waals surface area contributed by atoms with Crippen molar-refractivity contribution < 1.29 is 18.7 Å². The first-order chi connectivity index (χ1) is 19.3. The molecule has 1 heterocycles. The number of carbonyl (C=O) groups excluding carboxylic acids is 1. The Balaban J connectivity index is 0.000000587. The van der Waals surface area contributed by atoms with Crippen molar-refractivity contribution in [2.75, 3.05) is 7.11 Å². The molecular weight excluding hydrogens is 504 g/mol. The lowest BCUT2D eigenvalue weighted by atomic mass is 9.90. The zero-order valence-corrected chi connectivity index (χ0v) is 28.0. The lowest BCUT2D eigenvalue weighted by molar-refractivity contribution is -0.689. The molecule has 224 valence electrons. The van der Waals surface area contributed by atoms with Crippen molar-refractivity contribution in [2.24, 2.45) is 5.92 Å². The molecule has 2 aliphatic rings.